The summed E-state index contributed by atoms with van der Waals surface area (Å²) in [7, 11) is 0. The van der Waals surface area contributed by atoms with Crippen molar-refractivity contribution in [2.75, 3.05) is 6.61 Å². The molecular weight excluding hydrogens is 360 g/mol. The average molecular weight is 376 g/mol. The summed E-state index contributed by atoms with van der Waals surface area (Å²) in [5, 5.41) is 10.1. The lowest BCUT2D eigenvalue weighted by Gasteiger charge is -2.08. The van der Waals surface area contributed by atoms with Crippen LogP contribution in [0.1, 0.15) is 33.8 Å². The van der Waals surface area contributed by atoms with Crippen molar-refractivity contribution in [1.29, 1.82) is 5.26 Å². The van der Waals surface area contributed by atoms with E-state index in [1.807, 2.05) is 42.5 Å². The molecule has 0 bridgehead atoms. The van der Waals surface area contributed by atoms with E-state index in [0.29, 0.717) is 10.6 Å². The molecule has 1 heterocycles. The van der Waals surface area contributed by atoms with Gasteiger partial charge in [-0.3, -0.25) is 9.59 Å². The van der Waals surface area contributed by atoms with Crippen LogP contribution in [-0.2, 0) is 9.53 Å². The van der Waals surface area contributed by atoms with E-state index in [9.17, 15) is 14.9 Å². The molecule has 1 unspecified atom stereocenters. The van der Waals surface area contributed by atoms with Gasteiger partial charge >= 0.3 is 5.97 Å². The Labute approximate surface area is 160 Å². The third-order valence-electron chi connectivity index (χ3n) is 3.84. The quantitative estimate of drug-likeness (QED) is 0.475. The van der Waals surface area contributed by atoms with Gasteiger partial charge in [0, 0.05) is 11.1 Å². The Kier molecular flexibility index (Phi) is 5.74. The van der Waals surface area contributed by atoms with Gasteiger partial charge in [-0.2, -0.15) is 5.26 Å². The topological polar surface area (TPSA) is 80.1 Å². The van der Waals surface area contributed by atoms with E-state index < -0.39 is 11.9 Å². The number of thiazole rings is 1. The molecule has 0 saturated carbocycles. The Morgan fingerprint density at radius 3 is 2.33 bits per heavy atom. The maximum Gasteiger partial charge on any atom is 0.329 e. The molecule has 3 aromatic rings. The first kappa shape index (κ1) is 18.5. The van der Waals surface area contributed by atoms with Crippen LogP contribution in [-0.4, -0.2) is 23.3 Å². The highest BCUT2D eigenvalue weighted by Crippen LogP contribution is 2.33. The van der Waals surface area contributed by atoms with Gasteiger partial charge in [0.05, 0.1) is 18.4 Å². The fourth-order valence-electron chi connectivity index (χ4n) is 2.57. The minimum absolute atomic E-state index is 0.147. The van der Waals surface area contributed by atoms with Gasteiger partial charge < -0.3 is 4.74 Å². The zero-order valence-electron chi connectivity index (χ0n) is 14.6. The minimum atomic E-state index is -1.25. The lowest BCUT2D eigenvalue weighted by Crippen LogP contribution is -2.17. The lowest BCUT2D eigenvalue weighted by molar-refractivity contribution is -0.143. The molecule has 0 aliphatic carbocycles. The Bertz CT molecular complexity index is 991. The van der Waals surface area contributed by atoms with E-state index in [4.69, 9.17) is 4.74 Å². The highest BCUT2D eigenvalue weighted by molar-refractivity contribution is 7.17. The molecule has 1 atom stereocenters. The van der Waals surface area contributed by atoms with Crippen LogP contribution in [0.2, 0.25) is 0 Å². The third kappa shape index (κ3) is 3.94. The number of nitrogens with zero attached hydrogens (tertiary/aromatic N) is 2. The summed E-state index contributed by atoms with van der Waals surface area (Å²) in [6, 6.07) is 20.0. The maximum atomic E-state index is 13.0. The van der Waals surface area contributed by atoms with Gasteiger partial charge in [0.2, 0.25) is 5.78 Å². The molecule has 0 aliphatic rings. The second kappa shape index (κ2) is 8.39. The number of ketones is 1. The molecule has 0 saturated heterocycles. The van der Waals surface area contributed by atoms with Crippen LogP contribution >= 0.6 is 11.3 Å². The van der Waals surface area contributed by atoms with Gasteiger partial charge in [-0.15, -0.1) is 11.3 Å². The Balaban J connectivity index is 2.12. The van der Waals surface area contributed by atoms with E-state index in [1.54, 1.807) is 31.2 Å². The summed E-state index contributed by atoms with van der Waals surface area (Å²) >= 11 is 1.18. The van der Waals surface area contributed by atoms with Gasteiger partial charge in [-0.05, 0) is 6.92 Å². The van der Waals surface area contributed by atoms with Crippen LogP contribution in [0.3, 0.4) is 0 Å². The van der Waals surface area contributed by atoms with E-state index >= 15 is 0 Å². The molecule has 2 aromatic carbocycles. The van der Waals surface area contributed by atoms with Crippen molar-refractivity contribution in [3.8, 4) is 16.6 Å². The highest BCUT2D eigenvalue weighted by Gasteiger charge is 2.31. The summed E-state index contributed by atoms with van der Waals surface area (Å²) in [5.74, 6) is -2.22. The van der Waals surface area contributed by atoms with Crippen molar-refractivity contribution in [2.45, 2.75) is 12.8 Å². The van der Waals surface area contributed by atoms with Gasteiger partial charge in [-0.1, -0.05) is 60.7 Å². The number of ether oxygens (including phenoxy) is 1. The molecule has 5 nitrogen and oxygen atoms in total. The first-order valence-corrected chi connectivity index (χ1v) is 9.19. The zero-order valence-corrected chi connectivity index (χ0v) is 15.4. The monoisotopic (exact) mass is 376 g/mol. The lowest BCUT2D eigenvalue weighted by atomic mass is 10.0. The van der Waals surface area contributed by atoms with Crippen LogP contribution in [0.4, 0.5) is 0 Å². The largest absolute Gasteiger partial charge is 0.465 e. The smallest absolute Gasteiger partial charge is 0.329 e. The number of hydrogen-bond donors (Lipinski definition) is 0. The van der Waals surface area contributed by atoms with Gasteiger partial charge in [0.1, 0.15) is 9.88 Å². The number of nitriles is 1. The summed E-state index contributed by atoms with van der Waals surface area (Å²) in [4.78, 5) is 30.0. The summed E-state index contributed by atoms with van der Waals surface area (Å²) in [6.45, 7) is 1.81. The number of rotatable bonds is 6. The van der Waals surface area contributed by atoms with Crippen molar-refractivity contribution in [3.63, 3.8) is 0 Å². The average Bonchev–Trinajstić information content (AvgIpc) is 3.14. The Hall–Kier alpha value is -3.30. The van der Waals surface area contributed by atoms with Crippen molar-refractivity contribution >= 4 is 23.1 Å². The van der Waals surface area contributed by atoms with Crippen molar-refractivity contribution in [1.82, 2.24) is 4.98 Å². The van der Waals surface area contributed by atoms with E-state index in [0.717, 1.165) is 5.56 Å². The molecule has 6 heteroatoms. The molecular formula is C21H16N2O3S. The number of aromatic nitrogens is 1. The van der Waals surface area contributed by atoms with Gasteiger partial charge in [0.15, 0.2) is 5.92 Å². The number of esters is 1. The van der Waals surface area contributed by atoms with Crippen LogP contribution in [0.15, 0.2) is 60.7 Å². The number of hydrogen-bond acceptors (Lipinski definition) is 6. The van der Waals surface area contributed by atoms with Crippen LogP contribution in [0, 0.1) is 11.3 Å². The minimum Gasteiger partial charge on any atom is -0.465 e. The van der Waals surface area contributed by atoms with Crippen LogP contribution < -0.4 is 0 Å². The summed E-state index contributed by atoms with van der Waals surface area (Å²) in [5.41, 5.74) is 1.44. The molecule has 27 heavy (non-hydrogen) atoms. The molecule has 0 N–H and O–H groups in total. The Morgan fingerprint density at radius 1 is 1.11 bits per heavy atom. The molecule has 0 spiro atoms. The van der Waals surface area contributed by atoms with E-state index in [1.165, 1.54) is 11.3 Å². The number of carbonyl (C=O) groups excluding carboxylic acids is 2. The normalized spacial score (nSPS) is 11.4. The molecule has 134 valence electrons. The molecule has 0 amide bonds. The predicted octanol–water partition coefficient (Wildman–Crippen LogP) is 4.21. The molecule has 0 fully saturated rings. The van der Waals surface area contributed by atoms with Crippen molar-refractivity contribution in [2.24, 2.45) is 0 Å². The fourth-order valence-corrected chi connectivity index (χ4v) is 3.64. The SMILES string of the molecule is CCOC(=O)C(C#N)c1nc(-c2ccccc2)sc1C(=O)c1ccccc1. The molecule has 0 radical (unpaired) electrons. The predicted molar refractivity (Wildman–Crippen MR) is 102 cm³/mol. The second-order valence-electron chi connectivity index (χ2n) is 5.61. The fraction of sp³-hybridized carbons (Fsp3) is 0.143. The zero-order chi connectivity index (χ0) is 19.2. The first-order valence-electron chi connectivity index (χ1n) is 8.37. The number of carbonyl (C=O) groups is 2. The van der Waals surface area contributed by atoms with Crippen LogP contribution in [0.5, 0.6) is 0 Å². The molecule has 3 rings (SSSR count). The third-order valence-corrected chi connectivity index (χ3v) is 4.96. The van der Waals surface area contributed by atoms with E-state index in [-0.39, 0.29) is 23.0 Å². The maximum absolute atomic E-state index is 13.0. The highest BCUT2D eigenvalue weighted by atomic mass is 32.1. The summed E-state index contributed by atoms with van der Waals surface area (Å²) < 4.78 is 5.00. The van der Waals surface area contributed by atoms with E-state index in [2.05, 4.69) is 4.98 Å². The molecule has 0 aliphatic heterocycles. The first-order chi connectivity index (χ1) is 13.2. The summed E-state index contributed by atoms with van der Waals surface area (Å²) in [6.07, 6.45) is 0. The number of benzene rings is 2. The van der Waals surface area contributed by atoms with Gasteiger partial charge in [0.25, 0.3) is 0 Å². The van der Waals surface area contributed by atoms with Crippen LogP contribution in [0.25, 0.3) is 10.6 Å². The van der Waals surface area contributed by atoms with Gasteiger partial charge in [-0.25, -0.2) is 4.98 Å². The van der Waals surface area contributed by atoms with Crippen molar-refractivity contribution in [3.05, 3.63) is 76.8 Å². The molecule has 1 aromatic heterocycles. The van der Waals surface area contributed by atoms with Crippen molar-refractivity contribution < 1.29 is 14.3 Å². The second-order valence-corrected chi connectivity index (χ2v) is 6.61. The standard InChI is InChI=1S/C21H16N2O3S/c1-2-26-21(25)16(13-22)17-19(18(24)14-9-5-3-6-10-14)27-20(23-17)15-11-7-4-8-12-15/h3-12,16H,2H2,1H3. The Morgan fingerprint density at radius 2 is 1.74 bits per heavy atom.